The van der Waals surface area contributed by atoms with Gasteiger partial charge in [0.05, 0.1) is 30.8 Å². The Balaban J connectivity index is 1.52. The minimum Gasteiger partial charge on any atom is -0.468 e. The van der Waals surface area contributed by atoms with E-state index in [2.05, 4.69) is 15.4 Å². The van der Waals surface area contributed by atoms with Gasteiger partial charge in [0.1, 0.15) is 5.76 Å². The van der Waals surface area contributed by atoms with Crippen molar-refractivity contribution in [2.75, 3.05) is 25.5 Å². The molecule has 1 fully saturated rings. The predicted octanol–water partition coefficient (Wildman–Crippen LogP) is 0.907. The molecule has 3 rings (SSSR count). The van der Waals surface area contributed by atoms with Gasteiger partial charge >= 0.3 is 0 Å². The Labute approximate surface area is 169 Å². The molecule has 3 N–H and O–H groups in total. The first-order valence-electron chi connectivity index (χ1n) is 9.22. The van der Waals surface area contributed by atoms with Crippen LogP contribution in [0.1, 0.15) is 18.6 Å². The second kappa shape index (κ2) is 9.21. The number of nitrogens with one attached hydrogen (secondary N) is 3. The van der Waals surface area contributed by atoms with Crippen LogP contribution in [0.5, 0.6) is 0 Å². The second-order valence-corrected chi connectivity index (χ2v) is 8.76. The average molecular weight is 420 g/mol. The molecule has 2 aromatic rings. The van der Waals surface area contributed by atoms with Crippen LogP contribution in [-0.2, 0) is 26.2 Å². The molecular formula is C19H24N4O5S. The molecule has 0 aliphatic heterocycles. The van der Waals surface area contributed by atoms with Crippen molar-refractivity contribution in [3.05, 3.63) is 48.4 Å². The molecule has 2 amide bonds. The predicted molar refractivity (Wildman–Crippen MR) is 106 cm³/mol. The molecule has 10 heteroatoms. The topological polar surface area (TPSA) is 121 Å². The van der Waals surface area contributed by atoms with Crippen molar-refractivity contribution in [2.45, 2.75) is 30.3 Å². The number of likely N-dealkylation sites (N-methyl/N-ethyl adjacent to an activating group) is 1. The summed E-state index contributed by atoms with van der Waals surface area (Å²) in [6, 6.07) is 9.58. The molecule has 1 aromatic heterocycles. The largest absolute Gasteiger partial charge is 0.468 e. The summed E-state index contributed by atoms with van der Waals surface area (Å²) < 4.78 is 32.4. The fraction of sp³-hybridized carbons (Fsp3) is 0.368. The lowest BCUT2D eigenvalue weighted by atomic mass is 10.3. The average Bonchev–Trinajstić information content (AvgIpc) is 3.30. The normalized spacial score (nSPS) is 14.0. The van der Waals surface area contributed by atoms with E-state index in [1.165, 1.54) is 18.4 Å². The Hall–Kier alpha value is -2.69. The molecule has 1 saturated carbocycles. The lowest BCUT2D eigenvalue weighted by Gasteiger charge is -2.16. The number of anilines is 1. The van der Waals surface area contributed by atoms with Crippen molar-refractivity contribution in [3.8, 4) is 0 Å². The molecule has 0 spiro atoms. The molecule has 29 heavy (non-hydrogen) atoms. The highest BCUT2D eigenvalue weighted by Crippen LogP contribution is 2.18. The van der Waals surface area contributed by atoms with Crippen LogP contribution in [0.3, 0.4) is 0 Å². The maximum Gasteiger partial charge on any atom is 0.241 e. The number of amides is 2. The molecule has 1 aliphatic carbocycles. The monoisotopic (exact) mass is 420 g/mol. The van der Waals surface area contributed by atoms with Crippen LogP contribution in [0.4, 0.5) is 5.69 Å². The van der Waals surface area contributed by atoms with E-state index in [-0.39, 0.29) is 42.4 Å². The highest BCUT2D eigenvalue weighted by molar-refractivity contribution is 7.89. The van der Waals surface area contributed by atoms with Crippen LogP contribution in [0, 0.1) is 0 Å². The maximum atomic E-state index is 12.4. The summed E-state index contributed by atoms with van der Waals surface area (Å²) in [7, 11) is -2.09. The number of hydrogen-bond acceptors (Lipinski definition) is 6. The van der Waals surface area contributed by atoms with Crippen molar-refractivity contribution in [2.24, 2.45) is 0 Å². The highest BCUT2D eigenvalue weighted by atomic mass is 32.2. The zero-order valence-corrected chi connectivity index (χ0v) is 16.9. The maximum absolute atomic E-state index is 12.4. The SMILES string of the molecule is CN(CC(=O)Nc1cccc(S(=O)(=O)NCc2ccco2)c1)CC(=O)NC1CC1. The summed E-state index contributed by atoms with van der Waals surface area (Å²) in [6.07, 6.45) is 3.48. The number of carbonyl (C=O) groups excluding carboxylic acids is 2. The number of carbonyl (C=O) groups is 2. The number of nitrogens with zero attached hydrogens (tertiary/aromatic N) is 1. The number of hydrogen-bond donors (Lipinski definition) is 3. The Morgan fingerprint density at radius 1 is 1.14 bits per heavy atom. The fourth-order valence-corrected chi connectivity index (χ4v) is 3.69. The van der Waals surface area contributed by atoms with Gasteiger partial charge in [-0.05, 0) is 50.2 Å². The quantitative estimate of drug-likeness (QED) is 0.525. The Bertz CT molecular complexity index is 955. The zero-order valence-electron chi connectivity index (χ0n) is 16.1. The molecular weight excluding hydrogens is 396 g/mol. The van der Waals surface area contributed by atoms with Gasteiger partial charge in [0.2, 0.25) is 21.8 Å². The molecule has 0 saturated heterocycles. The minimum absolute atomic E-state index is 0.00576. The van der Waals surface area contributed by atoms with Crippen molar-refractivity contribution in [3.63, 3.8) is 0 Å². The van der Waals surface area contributed by atoms with E-state index < -0.39 is 10.0 Å². The number of benzene rings is 1. The zero-order chi connectivity index (χ0) is 20.9. The Kier molecular flexibility index (Phi) is 6.68. The second-order valence-electron chi connectivity index (χ2n) is 6.99. The van der Waals surface area contributed by atoms with E-state index >= 15 is 0 Å². The molecule has 0 unspecified atom stereocenters. The summed E-state index contributed by atoms with van der Waals surface area (Å²) in [5.74, 6) is 0.0372. The van der Waals surface area contributed by atoms with Gasteiger partial charge in [-0.1, -0.05) is 6.07 Å². The minimum atomic E-state index is -3.76. The highest BCUT2D eigenvalue weighted by Gasteiger charge is 2.23. The summed E-state index contributed by atoms with van der Waals surface area (Å²) in [5, 5.41) is 5.52. The van der Waals surface area contributed by atoms with Crippen LogP contribution in [0.2, 0.25) is 0 Å². The Morgan fingerprint density at radius 3 is 2.59 bits per heavy atom. The fourth-order valence-electron chi connectivity index (χ4n) is 2.65. The van der Waals surface area contributed by atoms with E-state index in [0.717, 1.165) is 12.8 Å². The number of rotatable bonds is 10. The molecule has 9 nitrogen and oxygen atoms in total. The van der Waals surface area contributed by atoms with Gasteiger partial charge in [-0.3, -0.25) is 14.5 Å². The smallest absolute Gasteiger partial charge is 0.241 e. The first kappa shape index (κ1) is 21.0. The molecule has 1 aromatic carbocycles. The summed E-state index contributed by atoms with van der Waals surface area (Å²) in [6.45, 7) is 0.153. The van der Waals surface area contributed by atoms with Crippen molar-refractivity contribution in [1.29, 1.82) is 0 Å². The molecule has 0 bridgehead atoms. The first-order valence-corrected chi connectivity index (χ1v) is 10.7. The lowest BCUT2D eigenvalue weighted by Crippen LogP contribution is -2.39. The molecule has 0 atom stereocenters. The third kappa shape index (κ3) is 6.70. The lowest BCUT2D eigenvalue weighted by molar-refractivity contribution is -0.123. The van der Waals surface area contributed by atoms with Gasteiger partial charge in [-0.15, -0.1) is 0 Å². The van der Waals surface area contributed by atoms with Crippen molar-refractivity contribution in [1.82, 2.24) is 14.9 Å². The van der Waals surface area contributed by atoms with E-state index in [0.29, 0.717) is 11.4 Å². The van der Waals surface area contributed by atoms with Gasteiger partial charge in [-0.2, -0.15) is 0 Å². The van der Waals surface area contributed by atoms with Crippen LogP contribution in [0.25, 0.3) is 0 Å². The third-order valence-corrected chi connectivity index (χ3v) is 5.61. The standard InChI is InChI=1S/C19H24N4O5S/c1-23(12-18(24)21-14-7-8-14)13-19(25)22-15-4-2-6-17(10-15)29(26,27)20-11-16-5-3-9-28-16/h2-6,9-10,14,20H,7-8,11-13H2,1H3,(H,21,24)(H,22,25). The van der Waals surface area contributed by atoms with Crippen LogP contribution in [-0.4, -0.2) is 51.3 Å². The van der Waals surface area contributed by atoms with Crippen molar-refractivity contribution < 1.29 is 22.4 Å². The number of furan rings is 1. The van der Waals surface area contributed by atoms with Crippen LogP contribution in [0.15, 0.2) is 52.0 Å². The van der Waals surface area contributed by atoms with Crippen LogP contribution >= 0.6 is 0 Å². The summed E-state index contributed by atoms with van der Waals surface area (Å²) >= 11 is 0. The molecule has 1 heterocycles. The molecule has 1 aliphatic rings. The molecule has 156 valence electrons. The van der Waals surface area contributed by atoms with Gasteiger partial charge in [-0.25, -0.2) is 13.1 Å². The van der Waals surface area contributed by atoms with E-state index in [4.69, 9.17) is 4.42 Å². The first-order chi connectivity index (χ1) is 13.8. The van der Waals surface area contributed by atoms with E-state index in [9.17, 15) is 18.0 Å². The third-order valence-electron chi connectivity index (χ3n) is 4.21. The van der Waals surface area contributed by atoms with Crippen LogP contribution < -0.4 is 15.4 Å². The van der Waals surface area contributed by atoms with Gasteiger partial charge in [0.25, 0.3) is 0 Å². The summed E-state index contributed by atoms with van der Waals surface area (Å²) in [4.78, 5) is 25.6. The van der Waals surface area contributed by atoms with Gasteiger partial charge in [0, 0.05) is 11.7 Å². The van der Waals surface area contributed by atoms with Gasteiger partial charge in [0.15, 0.2) is 0 Å². The summed E-state index contributed by atoms with van der Waals surface area (Å²) in [5.41, 5.74) is 0.353. The number of sulfonamides is 1. The van der Waals surface area contributed by atoms with E-state index in [1.54, 1.807) is 36.2 Å². The molecule has 0 radical (unpaired) electrons. The van der Waals surface area contributed by atoms with E-state index in [1.807, 2.05) is 0 Å². The Morgan fingerprint density at radius 2 is 1.90 bits per heavy atom. The van der Waals surface area contributed by atoms with Crippen molar-refractivity contribution >= 4 is 27.5 Å². The van der Waals surface area contributed by atoms with Gasteiger partial charge < -0.3 is 15.1 Å².